The number of nitrogens with two attached hydrogens (primary N) is 1. The van der Waals surface area contributed by atoms with E-state index in [4.69, 9.17) is 10.5 Å². The number of rotatable bonds is 5. The molecule has 11 heteroatoms. The van der Waals surface area contributed by atoms with Gasteiger partial charge in [0, 0.05) is 6.42 Å². The van der Waals surface area contributed by atoms with E-state index in [0.29, 0.717) is 23.5 Å². The van der Waals surface area contributed by atoms with Crippen molar-refractivity contribution in [1.29, 1.82) is 0 Å². The number of hydrogen-bond acceptors (Lipinski definition) is 7. The quantitative estimate of drug-likeness (QED) is 0.511. The van der Waals surface area contributed by atoms with Crippen LogP contribution in [0.5, 0.6) is 0 Å². The first-order valence-corrected chi connectivity index (χ1v) is 10.8. The Morgan fingerprint density at radius 3 is 2.76 bits per heavy atom. The van der Waals surface area contributed by atoms with E-state index in [2.05, 4.69) is 20.7 Å². The number of hydrogen-bond donors (Lipinski definition) is 3. The van der Waals surface area contributed by atoms with E-state index in [0.717, 1.165) is 11.1 Å². The highest BCUT2D eigenvalue weighted by molar-refractivity contribution is 6.11. The van der Waals surface area contributed by atoms with Crippen molar-refractivity contribution in [2.24, 2.45) is 5.73 Å². The van der Waals surface area contributed by atoms with Gasteiger partial charge in [-0.2, -0.15) is 15.4 Å². The second-order valence-corrected chi connectivity index (χ2v) is 8.15. The first-order valence-electron chi connectivity index (χ1n) is 10.8. The summed E-state index contributed by atoms with van der Waals surface area (Å²) in [6.45, 7) is 0.193. The minimum Gasteiger partial charge on any atom is -0.444 e. The number of nitrogens with zero attached hydrogens (tertiary/aromatic N) is 4. The third kappa shape index (κ3) is 3.97. The predicted molar refractivity (Wildman–Crippen MR) is 122 cm³/mol. The van der Waals surface area contributed by atoms with E-state index >= 15 is 0 Å². The number of anilines is 2. The van der Waals surface area contributed by atoms with Gasteiger partial charge >= 0.3 is 6.09 Å². The predicted octanol–water partition coefficient (Wildman–Crippen LogP) is 0.863. The molecule has 0 saturated heterocycles. The second-order valence-electron chi connectivity index (χ2n) is 8.15. The molecule has 4 N–H and O–H groups in total. The molecule has 3 heterocycles. The van der Waals surface area contributed by atoms with Gasteiger partial charge < -0.3 is 15.8 Å². The first-order chi connectivity index (χ1) is 16.5. The normalized spacial score (nSPS) is 18.9. The molecule has 2 aliphatic rings. The van der Waals surface area contributed by atoms with Crippen molar-refractivity contribution in [2.45, 2.75) is 31.7 Å². The Morgan fingerprint density at radius 2 is 2.00 bits per heavy atom. The van der Waals surface area contributed by atoms with Gasteiger partial charge in [-0.25, -0.2) is 4.79 Å². The van der Waals surface area contributed by atoms with E-state index in [1.807, 2.05) is 36.4 Å². The molecule has 3 amide bonds. The highest BCUT2D eigenvalue weighted by Crippen LogP contribution is 2.42. The lowest BCUT2D eigenvalue weighted by molar-refractivity contribution is -0.126. The van der Waals surface area contributed by atoms with Crippen LogP contribution in [0.1, 0.15) is 16.8 Å². The first kappa shape index (κ1) is 21.6. The number of para-hydroxylation sites is 1. The number of H-pyrrole nitrogens is 1. The summed E-state index contributed by atoms with van der Waals surface area (Å²) >= 11 is 0. The molecule has 0 aliphatic carbocycles. The smallest absolute Gasteiger partial charge is 0.414 e. The zero-order chi connectivity index (χ0) is 23.7. The Morgan fingerprint density at radius 1 is 1.18 bits per heavy atom. The molecule has 0 spiro atoms. The summed E-state index contributed by atoms with van der Waals surface area (Å²) in [4.78, 5) is 42.2. The Labute approximate surface area is 194 Å². The summed E-state index contributed by atoms with van der Waals surface area (Å²) in [7, 11) is 0. The minimum atomic E-state index is -1.02. The number of nitrogens with one attached hydrogen (secondary N) is 2. The molecular formula is C23H23N7O4. The van der Waals surface area contributed by atoms with Crippen molar-refractivity contribution < 1.29 is 19.1 Å². The third-order valence-electron chi connectivity index (χ3n) is 5.93. The molecule has 11 nitrogen and oxygen atoms in total. The minimum absolute atomic E-state index is 0.0628. The summed E-state index contributed by atoms with van der Waals surface area (Å²) in [5.74, 6) is -0.767. The number of ether oxygens (including phenoxy) is 1. The maximum absolute atomic E-state index is 13.3. The number of aromatic amines is 1. The summed E-state index contributed by atoms with van der Waals surface area (Å²) < 4.78 is 5.52. The zero-order valence-corrected chi connectivity index (χ0v) is 18.2. The highest BCUT2D eigenvalue weighted by atomic mass is 16.6. The number of benzene rings is 2. The van der Waals surface area contributed by atoms with Crippen LogP contribution < -0.4 is 20.9 Å². The monoisotopic (exact) mass is 461 g/mol. The average Bonchev–Trinajstić information content (AvgIpc) is 3.50. The van der Waals surface area contributed by atoms with Gasteiger partial charge in [-0.15, -0.1) is 0 Å². The largest absolute Gasteiger partial charge is 0.444 e. The molecule has 0 bridgehead atoms. The molecular weight excluding hydrogens is 438 g/mol. The Balaban J connectivity index is 1.40. The van der Waals surface area contributed by atoms with E-state index in [-0.39, 0.29) is 25.6 Å². The van der Waals surface area contributed by atoms with E-state index in [1.54, 1.807) is 12.1 Å². The molecule has 2 aromatic carbocycles. The second kappa shape index (κ2) is 8.94. The van der Waals surface area contributed by atoms with Gasteiger partial charge in [0.15, 0.2) is 0 Å². The van der Waals surface area contributed by atoms with Crippen molar-refractivity contribution in [3.63, 3.8) is 0 Å². The fraction of sp³-hybridized carbons (Fsp3) is 0.261. The summed E-state index contributed by atoms with van der Waals surface area (Å²) in [5.41, 5.74) is 9.39. The molecule has 0 saturated carbocycles. The van der Waals surface area contributed by atoms with Gasteiger partial charge in [0.05, 0.1) is 30.7 Å². The summed E-state index contributed by atoms with van der Waals surface area (Å²) in [5, 5.41) is 12.9. The Kier molecular flexibility index (Phi) is 5.68. The number of aromatic nitrogens is 3. The van der Waals surface area contributed by atoms with Crippen LogP contribution in [0.4, 0.5) is 16.2 Å². The van der Waals surface area contributed by atoms with E-state index in [1.165, 1.54) is 16.0 Å². The van der Waals surface area contributed by atoms with Crippen LogP contribution in [-0.4, -0.2) is 51.9 Å². The lowest BCUT2D eigenvalue weighted by Crippen LogP contribution is -2.54. The third-order valence-corrected chi connectivity index (χ3v) is 5.93. The van der Waals surface area contributed by atoms with E-state index in [9.17, 15) is 14.4 Å². The van der Waals surface area contributed by atoms with Gasteiger partial charge in [0.1, 0.15) is 24.4 Å². The molecule has 0 fully saturated rings. The fourth-order valence-corrected chi connectivity index (χ4v) is 4.30. The number of amides is 3. The number of carbonyl (C=O) groups is 3. The van der Waals surface area contributed by atoms with Gasteiger partial charge in [0.25, 0.3) is 0 Å². The van der Waals surface area contributed by atoms with Crippen molar-refractivity contribution in [1.82, 2.24) is 20.7 Å². The standard InChI is InChI=1S/C23H23N7O4/c24-17-12-29(23(33)34-13-14-5-2-1-3-6-14)18-8-4-7-15-9-19(30(20(15)18)22(17)32)21(31)25-10-16-11-26-28-27-16/h1-8,11,17,19H,9-10,12-13,24H2,(H,25,31)(H,26,27,28)/t17-,19-/m0/s1. The van der Waals surface area contributed by atoms with Gasteiger partial charge in [-0.05, 0) is 17.2 Å². The van der Waals surface area contributed by atoms with E-state index < -0.39 is 24.1 Å². The molecule has 5 rings (SSSR count). The molecule has 0 unspecified atom stereocenters. The van der Waals surface area contributed by atoms with Gasteiger partial charge in [-0.1, -0.05) is 42.5 Å². The maximum atomic E-state index is 13.3. The maximum Gasteiger partial charge on any atom is 0.414 e. The average molecular weight is 461 g/mol. The molecule has 2 atom stereocenters. The van der Waals surface area contributed by atoms with Crippen molar-refractivity contribution in [3.8, 4) is 0 Å². The molecule has 174 valence electrons. The molecule has 3 aromatic rings. The molecule has 34 heavy (non-hydrogen) atoms. The fourth-order valence-electron chi connectivity index (χ4n) is 4.30. The van der Waals surface area contributed by atoms with Crippen LogP contribution in [-0.2, 0) is 33.9 Å². The van der Waals surface area contributed by atoms with Crippen molar-refractivity contribution in [2.75, 3.05) is 16.3 Å². The van der Waals surface area contributed by atoms with Crippen LogP contribution in [0.2, 0.25) is 0 Å². The van der Waals surface area contributed by atoms with Crippen LogP contribution in [0, 0.1) is 0 Å². The van der Waals surface area contributed by atoms with Crippen LogP contribution >= 0.6 is 0 Å². The summed E-state index contributed by atoms with van der Waals surface area (Å²) in [6, 6.07) is 12.9. The Hall–Kier alpha value is -4.25. The SMILES string of the molecule is N[C@H]1CN(C(=O)OCc2ccccc2)c2cccc3c2N(C1=O)[C@H](C(=O)NCc1cn[nH]n1)C3. The Bertz CT molecular complexity index is 1220. The van der Waals surface area contributed by atoms with Crippen LogP contribution in [0.15, 0.2) is 54.7 Å². The van der Waals surface area contributed by atoms with Crippen molar-refractivity contribution >= 4 is 29.3 Å². The molecule has 2 aliphatic heterocycles. The van der Waals surface area contributed by atoms with Crippen LogP contribution in [0.25, 0.3) is 0 Å². The number of carbonyl (C=O) groups excluding carboxylic acids is 3. The van der Waals surface area contributed by atoms with Crippen LogP contribution in [0.3, 0.4) is 0 Å². The lowest BCUT2D eigenvalue weighted by atomic mass is 10.1. The highest BCUT2D eigenvalue weighted by Gasteiger charge is 2.45. The van der Waals surface area contributed by atoms with Gasteiger partial charge in [-0.3, -0.25) is 19.4 Å². The lowest BCUT2D eigenvalue weighted by Gasteiger charge is -2.25. The molecule has 1 aromatic heterocycles. The zero-order valence-electron chi connectivity index (χ0n) is 18.2. The topological polar surface area (TPSA) is 147 Å². The van der Waals surface area contributed by atoms with Gasteiger partial charge in [0.2, 0.25) is 11.8 Å². The molecule has 0 radical (unpaired) electrons. The summed E-state index contributed by atoms with van der Waals surface area (Å²) in [6.07, 6.45) is 1.20. The van der Waals surface area contributed by atoms with Crippen molar-refractivity contribution in [3.05, 3.63) is 71.5 Å².